The first kappa shape index (κ1) is 26.9. The van der Waals surface area contributed by atoms with E-state index in [0.717, 1.165) is 16.9 Å². The summed E-state index contributed by atoms with van der Waals surface area (Å²) in [5.74, 6) is 0.768. The number of hydrogen-bond donors (Lipinski definition) is 0. The van der Waals surface area contributed by atoms with Gasteiger partial charge in [-0.1, -0.05) is 90.0 Å². The summed E-state index contributed by atoms with van der Waals surface area (Å²) in [6, 6.07) is 53.7. The van der Waals surface area contributed by atoms with Crippen molar-refractivity contribution in [1.82, 2.24) is 4.98 Å². The minimum Gasteiger partial charge on any atom is -0.305 e. The van der Waals surface area contributed by atoms with Crippen molar-refractivity contribution in [2.75, 3.05) is 0 Å². The maximum Gasteiger partial charge on any atom is 0.0553 e. The third kappa shape index (κ3) is 3.97. The van der Waals surface area contributed by atoms with Crippen molar-refractivity contribution in [3.05, 3.63) is 196 Å². The van der Waals surface area contributed by atoms with Crippen LogP contribution in [0.1, 0.15) is 56.7 Å². The first-order chi connectivity index (χ1) is 21.4. The minimum atomic E-state index is 0. The first-order valence-corrected chi connectivity index (χ1v) is 14.9. The average molecular weight is 739 g/mol. The molecule has 0 N–H and O–H groups in total. The molecule has 44 heavy (non-hydrogen) atoms. The second kappa shape index (κ2) is 10.8. The van der Waals surface area contributed by atoms with Crippen LogP contribution in [0.4, 0.5) is 5.69 Å². The summed E-state index contributed by atoms with van der Waals surface area (Å²) in [6.07, 6.45) is 1.79. The van der Waals surface area contributed by atoms with Gasteiger partial charge in [-0.3, -0.25) is 4.99 Å². The van der Waals surface area contributed by atoms with Crippen molar-refractivity contribution in [2.24, 2.45) is 4.99 Å². The molecule has 0 fully saturated rings. The van der Waals surface area contributed by atoms with Crippen LogP contribution in [-0.4, -0.2) is 10.7 Å². The molecule has 2 heterocycles. The summed E-state index contributed by atoms with van der Waals surface area (Å²) < 4.78 is 0. The van der Waals surface area contributed by atoms with Crippen LogP contribution in [0.3, 0.4) is 0 Å². The van der Waals surface area contributed by atoms with Gasteiger partial charge in [0.15, 0.2) is 0 Å². The van der Waals surface area contributed by atoms with Crippen molar-refractivity contribution in [3.8, 4) is 11.3 Å². The Morgan fingerprint density at radius 2 is 1.16 bits per heavy atom. The van der Waals surface area contributed by atoms with Crippen molar-refractivity contribution in [1.29, 1.82) is 0 Å². The van der Waals surface area contributed by atoms with Gasteiger partial charge >= 0.3 is 0 Å². The Bertz CT molecular complexity index is 2010. The maximum absolute atomic E-state index is 5.15. The van der Waals surface area contributed by atoms with Crippen molar-refractivity contribution in [3.63, 3.8) is 0 Å². The Morgan fingerprint density at radius 3 is 1.84 bits per heavy atom. The summed E-state index contributed by atoms with van der Waals surface area (Å²) in [5.41, 5.74) is 17.1. The van der Waals surface area contributed by atoms with Crippen LogP contribution in [-0.2, 0) is 20.1 Å². The molecule has 0 spiro atoms. The normalized spacial score (nSPS) is 19.0. The van der Waals surface area contributed by atoms with Gasteiger partial charge in [-0.05, 0) is 51.4 Å². The second-order valence-electron chi connectivity index (χ2n) is 11.4. The summed E-state index contributed by atoms with van der Waals surface area (Å²) >= 11 is 0. The zero-order valence-electron chi connectivity index (χ0n) is 23.7. The SMILES string of the molecule is [Ir].[c-]1cccc2c1C1=Nc3ccccc3C1C1=C2C2c3ccccc3C1c1ccccc12.[c-]1ccccc1-c1ccccn1. The standard InChI is InChI=1S/C30H18N.C11H8N.Ir/c1-3-11-19-17(9-1)25-18-10-2-4-12-20(18)26(19)29-27(25)21-13-5-6-14-22(21)30-28(29)23-15-7-8-16-24(23)31-30;1-2-6-10(7-3-1)11-8-4-5-9-12-11;/h1-13,15-16,25-26,28H;1-6,8-9H;/q2*-1;. The summed E-state index contributed by atoms with van der Waals surface area (Å²) in [7, 11) is 0. The number of aliphatic imine (C=N–C) groups is 1. The molecule has 0 saturated heterocycles. The van der Waals surface area contributed by atoms with E-state index in [1.807, 2.05) is 48.5 Å². The number of fused-ring (bicyclic) bond motifs is 5. The van der Waals surface area contributed by atoms with Gasteiger partial charge in [0.05, 0.1) is 5.69 Å². The predicted octanol–water partition coefficient (Wildman–Crippen LogP) is 9.31. The van der Waals surface area contributed by atoms with Crippen molar-refractivity contribution < 1.29 is 20.1 Å². The molecule has 1 atom stereocenters. The Morgan fingerprint density at radius 1 is 0.523 bits per heavy atom. The van der Waals surface area contributed by atoms with E-state index in [-0.39, 0.29) is 37.9 Å². The molecule has 11 rings (SSSR count). The monoisotopic (exact) mass is 739 g/mol. The smallest absolute Gasteiger partial charge is 0.0553 e. The molecule has 2 nitrogen and oxygen atoms in total. The van der Waals surface area contributed by atoms with E-state index < -0.39 is 0 Å². The molecule has 2 bridgehead atoms. The molecule has 6 aromatic rings. The van der Waals surface area contributed by atoms with E-state index in [1.165, 1.54) is 50.2 Å². The first-order valence-electron chi connectivity index (χ1n) is 14.9. The Balaban J connectivity index is 0.000000189. The molecule has 0 amide bonds. The molecule has 4 aliphatic carbocycles. The molecular formula is C41H26IrN2-2. The number of rotatable bonds is 1. The molecule has 211 valence electrons. The molecule has 1 unspecified atom stereocenters. The zero-order chi connectivity index (χ0) is 28.3. The molecule has 0 saturated carbocycles. The topological polar surface area (TPSA) is 25.2 Å². The van der Waals surface area contributed by atoms with Gasteiger partial charge < -0.3 is 4.98 Å². The molecule has 1 radical (unpaired) electrons. The van der Waals surface area contributed by atoms with Gasteiger partial charge in [0.2, 0.25) is 0 Å². The average Bonchev–Trinajstić information content (AvgIpc) is 3.49. The fourth-order valence-corrected chi connectivity index (χ4v) is 7.65. The van der Waals surface area contributed by atoms with Gasteiger partial charge in [-0.2, -0.15) is 0 Å². The minimum absolute atomic E-state index is 0. The van der Waals surface area contributed by atoms with E-state index in [2.05, 4.69) is 102 Å². The van der Waals surface area contributed by atoms with Crippen LogP contribution in [0.5, 0.6) is 0 Å². The number of para-hydroxylation sites is 1. The molecule has 5 aromatic carbocycles. The van der Waals surface area contributed by atoms with E-state index in [0.29, 0.717) is 0 Å². The van der Waals surface area contributed by atoms with Gasteiger partial charge in [0.25, 0.3) is 0 Å². The Labute approximate surface area is 271 Å². The van der Waals surface area contributed by atoms with Gasteiger partial charge in [0.1, 0.15) is 0 Å². The van der Waals surface area contributed by atoms with Gasteiger partial charge in [0, 0.05) is 44.1 Å². The van der Waals surface area contributed by atoms with Crippen molar-refractivity contribution in [2.45, 2.75) is 17.8 Å². The van der Waals surface area contributed by atoms with Crippen LogP contribution in [0.15, 0.2) is 150 Å². The van der Waals surface area contributed by atoms with Crippen molar-refractivity contribution >= 4 is 17.0 Å². The number of nitrogens with zero attached hydrogens (tertiary/aromatic N) is 2. The van der Waals surface area contributed by atoms with Crippen LogP contribution in [0.25, 0.3) is 16.8 Å². The Kier molecular flexibility index (Phi) is 6.60. The molecule has 1 aliphatic heterocycles. The number of hydrogen-bond acceptors (Lipinski definition) is 2. The quantitative estimate of drug-likeness (QED) is 0.155. The number of benzene rings is 5. The van der Waals surface area contributed by atoms with Gasteiger partial charge in [-0.15, -0.1) is 71.3 Å². The molecular weight excluding hydrogens is 713 g/mol. The predicted molar refractivity (Wildman–Crippen MR) is 173 cm³/mol. The number of pyridine rings is 1. The zero-order valence-corrected chi connectivity index (χ0v) is 26.1. The molecule has 3 heteroatoms. The van der Waals surface area contributed by atoms with Gasteiger partial charge in [-0.25, -0.2) is 0 Å². The number of allylic oxidation sites excluding steroid dienone is 2. The third-order valence-corrected chi connectivity index (χ3v) is 9.27. The van der Waals surface area contributed by atoms with E-state index >= 15 is 0 Å². The van der Waals surface area contributed by atoms with Crippen LogP contribution < -0.4 is 0 Å². The second-order valence-corrected chi connectivity index (χ2v) is 11.4. The largest absolute Gasteiger partial charge is 0.305 e. The van der Waals surface area contributed by atoms with Crippen LogP contribution in [0.2, 0.25) is 0 Å². The fourth-order valence-electron chi connectivity index (χ4n) is 7.65. The number of aromatic nitrogens is 1. The Hall–Kier alpha value is -4.69. The summed E-state index contributed by atoms with van der Waals surface area (Å²) in [5, 5.41) is 0. The summed E-state index contributed by atoms with van der Waals surface area (Å²) in [4.78, 5) is 9.37. The van der Waals surface area contributed by atoms with Crippen LogP contribution >= 0.6 is 0 Å². The van der Waals surface area contributed by atoms with E-state index in [9.17, 15) is 0 Å². The van der Waals surface area contributed by atoms with E-state index in [1.54, 1.807) is 11.8 Å². The maximum atomic E-state index is 5.15. The third-order valence-electron chi connectivity index (χ3n) is 9.27. The van der Waals surface area contributed by atoms with Crippen LogP contribution in [0, 0.1) is 12.1 Å². The van der Waals surface area contributed by atoms with E-state index in [4.69, 9.17) is 4.99 Å². The molecule has 1 aromatic heterocycles. The fraction of sp³-hybridized carbons (Fsp3) is 0.0732. The summed E-state index contributed by atoms with van der Waals surface area (Å²) in [6.45, 7) is 0. The molecule has 5 aliphatic rings.